The average Bonchev–Trinajstić information content (AvgIpc) is 3.02. The van der Waals surface area contributed by atoms with Gasteiger partial charge in [-0.1, -0.05) is 13.8 Å². The van der Waals surface area contributed by atoms with Gasteiger partial charge in [0.15, 0.2) is 5.82 Å². The average molecular weight is 351 g/mol. The van der Waals surface area contributed by atoms with E-state index in [4.69, 9.17) is 0 Å². The number of aryl methyl sites for hydroxylation is 1. The number of aromatic nitrogens is 4. The number of hydrogen-bond acceptors (Lipinski definition) is 6. The molecule has 0 aliphatic carbocycles. The minimum atomic E-state index is -0.375. The molecule has 1 aliphatic rings. The molecule has 1 aliphatic heterocycles. The predicted molar refractivity (Wildman–Crippen MR) is 97.0 cm³/mol. The van der Waals surface area contributed by atoms with Gasteiger partial charge in [-0.05, 0) is 49.7 Å². The molecule has 1 fully saturated rings. The number of likely N-dealkylation sites (N-methyl/N-ethyl adjacent to an activating group) is 1. The van der Waals surface area contributed by atoms with Crippen molar-refractivity contribution in [1.82, 2.24) is 35.3 Å². The predicted octanol–water partition coefficient (Wildman–Crippen LogP) is 0.708. The molecule has 0 saturated carbocycles. The number of hydrogen-bond donors (Lipinski definition) is 1. The van der Waals surface area contributed by atoms with Crippen molar-refractivity contribution < 1.29 is 4.79 Å². The van der Waals surface area contributed by atoms with Crippen LogP contribution < -0.4 is 5.32 Å². The zero-order chi connectivity index (χ0) is 18.4. The number of tetrazole rings is 1. The number of carbonyl (C=O) groups excluding carboxylic acids is 1. The van der Waals surface area contributed by atoms with Crippen molar-refractivity contribution in [3.8, 4) is 0 Å². The molecule has 1 amide bonds. The fourth-order valence-electron chi connectivity index (χ4n) is 3.33. The van der Waals surface area contributed by atoms with Gasteiger partial charge in [0.25, 0.3) is 0 Å². The van der Waals surface area contributed by atoms with E-state index < -0.39 is 0 Å². The van der Waals surface area contributed by atoms with E-state index >= 15 is 0 Å². The van der Waals surface area contributed by atoms with Crippen molar-refractivity contribution in [3.05, 3.63) is 5.82 Å². The summed E-state index contributed by atoms with van der Waals surface area (Å²) in [5.41, 5.74) is -0.375. The Morgan fingerprint density at radius 1 is 1.40 bits per heavy atom. The summed E-state index contributed by atoms with van der Waals surface area (Å²) in [5.74, 6) is 1.56. The molecule has 0 bridgehead atoms. The molecule has 8 nitrogen and oxygen atoms in total. The molecular formula is C17H33N7O. The monoisotopic (exact) mass is 351 g/mol. The van der Waals surface area contributed by atoms with Gasteiger partial charge in [0.05, 0.1) is 5.54 Å². The Morgan fingerprint density at radius 3 is 2.80 bits per heavy atom. The van der Waals surface area contributed by atoms with Crippen LogP contribution in [0.15, 0.2) is 0 Å². The second kappa shape index (κ2) is 8.71. The van der Waals surface area contributed by atoms with Crippen molar-refractivity contribution in [2.75, 3.05) is 40.3 Å². The highest BCUT2D eigenvalue weighted by Crippen LogP contribution is 2.30. The molecule has 2 rings (SSSR count). The van der Waals surface area contributed by atoms with Crippen LogP contribution in [0, 0.1) is 5.92 Å². The molecule has 142 valence electrons. The van der Waals surface area contributed by atoms with E-state index in [0.717, 1.165) is 51.3 Å². The van der Waals surface area contributed by atoms with Crippen LogP contribution in [-0.2, 0) is 16.9 Å². The van der Waals surface area contributed by atoms with E-state index in [-0.39, 0.29) is 11.4 Å². The van der Waals surface area contributed by atoms with Crippen LogP contribution in [-0.4, -0.2) is 76.2 Å². The molecule has 1 N–H and O–H groups in total. The Morgan fingerprint density at radius 2 is 2.16 bits per heavy atom. The number of piperidine rings is 1. The number of rotatable bonds is 8. The summed E-state index contributed by atoms with van der Waals surface area (Å²) in [6.45, 7) is 10.0. The second-order valence-corrected chi connectivity index (χ2v) is 7.76. The van der Waals surface area contributed by atoms with Crippen LogP contribution in [0.25, 0.3) is 0 Å². The molecular weight excluding hydrogens is 318 g/mol. The van der Waals surface area contributed by atoms with E-state index in [1.807, 2.05) is 9.58 Å². The highest BCUT2D eigenvalue weighted by molar-refractivity contribution is 5.73. The smallest absolute Gasteiger partial charge is 0.219 e. The number of carbonyl (C=O) groups is 1. The zero-order valence-corrected chi connectivity index (χ0v) is 16.3. The first-order chi connectivity index (χ1) is 11.8. The third-order valence-corrected chi connectivity index (χ3v) is 4.84. The van der Waals surface area contributed by atoms with Crippen molar-refractivity contribution in [2.45, 2.75) is 52.1 Å². The highest BCUT2D eigenvalue weighted by atomic mass is 16.2. The van der Waals surface area contributed by atoms with Crippen LogP contribution >= 0.6 is 0 Å². The van der Waals surface area contributed by atoms with Crippen LogP contribution in [0.5, 0.6) is 0 Å². The Labute approximate surface area is 150 Å². The van der Waals surface area contributed by atoms with Gasteiger partial charge >= 0.3 is 0 Å². The van der Waals surface area contributed by atoms with Crippen molar-refractivity contribution >= 4 is 5.91 Å². The fourth-order valence-corrected chi connectivity index (χ4v) is 3.33. The quantitative estimate of drug-likeness (QED) is 0.743. The van der Waals surface area contributed by atoms with Crippen LogP contribution in [0.1, 0.15) is 45.9 Å². The first-order valence-corrected chi connectivity index (χ1v) is 9.26. The van der Waals surface area contributed by atoms with Gasteiger partial charge in [-0.3, -0.25) is 4.79 Å². The van der Waals surface area contributed by atoms with Gasteiger partial charge in [0, 0.05) is 39.6 Å². The SMILES string of the molecule is CC(=O)N1CCCC(NCCN(C)C)(c2nnnn2CCC(C)C)C1. The topological polar surface area (TPSA) is 79.2 Å². The van der Waals surface area contributed by atoms with E-state index in [2.05, 4.69) is 53.7 Å². The third-order valence-electron chi connectivity index (χ3n) is 4.84. The van der Waals surface area contributed by atoms with E-state index in [1.165, 1.54) is 0 Å². The van der Waals surface area contributed by atoms with E-state index in [9.17, 15) is 4.79 Å². The summed E-state index contributed by atoms with van der Waals surface area (Å²) in [5, 5.41) is 16.2. The van der Waals surface area contributed by atoms with Crippen molar-refractivity contribution in [3.63, 3.8) is 0 Å². The maximum absolute atomic E-state index is 12.0. The lowest BCUT2D eigenvalue weighted by molar-refractivity contribution is -0.131. The summed E-state index contributed by atoms with van der Waals surface area (Å²) >= 11 is 0. The normalized spacial score (nSPS) is 21.3. The highest BCUT2D eigenvalue weighted by Gasteiger charge is 2.41. The number of amides is 1. The van der Waals surface area contributed by atoms with Crippen LogP contribution in [0.3, 0.4) is 0 Å². The zero-order valence-electron chi connectivity index (χ0n) is 16.3. The summed E-state index contributed by atoms with van der Waals surface area (Å²) in [7, 11) is 4.12. The molecule has 1 saturated heterocycles. The van der Waals surface area contributed by atoms with Gasteiger partial charge in [-0.15, -0.1) is 5.10 Å². The lowest BCUT2D eigenvalue weighted by Gasteiger charge is -2.42. The Bertz CT molecular complexity index is 557. The van der Waals surface area contributed by atoms with E-state index in [1.54, 1.807) is 6.92 Å². The first kappa shape index (κ1) is 19.8. The Kier molecular flexibility index (Phi) is 6.89. The van der Waals surface area contributed by atoms with Gasteiger partial charge in [-0.2, -0.15) is 0 Å². The Balaban J connectivity index is 2.25. The molecule has 1 atom stereocenters. The van der Waals surface area contributed by atoms with Crippen LogP contribution in [0.4, 0.5) is 0 Å². The largest absolute Gasteiger partial charge is 0.341 e. The molecule has 2 heterocycles. The first-order valence-electron chi connectivity index (χ1n) is 9.26. The number of nitrogens with zero attached hydrogens (tertiary/aromatic N) is 6. The molecule has 1 aromatic rings. The van der Waals surface area contributed by atoms with Gasteiger partial charge in [0.2, 0.25) is 5.91 Å². The maximum Gasteiger partial charge on any atom is 0.219 e. The summed E-state index contributed by atoms with van der Waals surface area (Å²) in [6, 6.07) is 0. The molecule has 25 heavy (non-hydrogen) atoms. The second-order valence-electron chi connectivity index (χ2n) is 7.76. The number of nitrogens with one attached hydrogen (secondary N) is 1. The molecule has 1 unspecified atom stereocenters. The van der Waals surface area contributed by atoms with Gasteiger partial charge < -0.3 is 15.1 Å². The minimum Gasteiger partial charge on any atom is -0.341 e. The maximum atomic E-state index is 12.0. The fraction of sp³-hybridized carbons (Fsp3) is 0.882. The van der Waals surface area contributed by atoms with Crippen LogP contribution in [0.2, 0.25) is 0 Å². The standard InChI is InChI=1S/C17H33N7O/c1-14(2)7-11-24-16(19-20-21-24)17(18-9-12-22(4)5)8-6-10-23(13-17)15(3)25/h14,18H,6-13H2,1-5H3. The summed E-state index contributed by atoms with van der Waals surface area (Å²) < 4.78 is 1.92. The number of likely N-dealkylation sites (tertiary alicyclic amines) is 1. The van der Waals surface area contributed by atoms with Gasteiger partial charge in [-0.25, -0.2) is 4.68 Å². The van der Waals surface area contributed by atoms with Gasteiger partial charge in [0.1, 0.15) is 0 Å². The minimum absolute atomic E-state index is 0.111. The lowest BCUT2D eigenvalue weighted by Crippen LogP contribution is -2.57. The van der Waals surface area contributed by atoms with E-state index in [0.29, 0.717) is 12.5 Å². The molecule has 8 heteroatoms. The molecule has 0 aromatic carbocycles. The third kappa shape index (κ3) is 5.22. The summed E-state index contributed by atoms with van der Waals surface area (Å²) in [4.78, 5) is 16.0. The lowest BCUT2D eigenvalue weighted by atomic mass is 9.87. The Hall–Kier alpha value is -1.54. The molecule has 1 aromatic heterocycles. The van der Waals surface area contributed by atoms with Crippen molar-refractivity contribution in [1.29, 1.82) is 0 Å². The molecule has 0 radical (unpaired) electrons. The molecule has 0 spiro atoms. The van der Waals surface area contributed by atoms with Crippen molar-refractivity contribution in [2.24, 2.45) is 5.92 Å². The summed E-state index contributed by atoms with van der Waals surface area (Å²) in [6.07, 6.45) is 2.92.